The summed E-state index contributed by atoms with van der Waals surface area (Å²) in [5.74, 6) is -0.809. The molecule has 5 N–H and O–H groups in total. The fourth-order valence-electron chi connectivity index (χ4n) is 5.42. The number of halogens is 1. The van der Waals surface area contributed by atoms with Crippen LogP contribution in [-0.4, -0.2) is 46.1 Å². The highest BCUT2D eigenvalue weighted by Crippen LogP contribution is 2.48. The van der Waals surface area contributed by atoms with Gasteiger partial charge in [-0.2, -0.15) is 0 Å². The number of hydrogen-bond donors (Lipinski definition) is 4. The first-order valence-corrected chi connectivity index (χ1v) is 12.4. The number of aliphatic hydroxyl groups excluding tert-OH is 1. The van der Waals surface area contributed by atoms with E-state index in [2.05, 4.69) is 5.32 Å². The zero-order chi connectivity index (χ0) is 25.4. The second kappa shape index (κ2) is 9.67. The molecule has 7 nitrogen and oxygen atoms in total. The molecule has 0 radical (unpaired) electrons. The Bertz CT molecular complexity index is 1280. The Hall–Kier alpha value is -3.23. The third-order valence-electron chi connectivity index (χ3n) is 7.20. The minimum absolute atomic E-state index is 0.150. The molecule has 1 saturated heterocycles. The van der Waals surface area contributed by atoms with E-state index in [1.54, 1.807) is 42.5 Å². The molecular weight excluding hydrogens is 478 g/mol. The molecule has 0 spiro atoms. The number of nitrogens with one attached hydrogen (secondary N) is 1. The highest BCUT2D eigenvalue weighted by atomic mass is 35.5. The van der Waals surface area contributed by atoms with Crippen LogP contribution in [0, 0.1) is 0 Å². The standard InChI is InChI=1S/C28H28ClN3O4/c29-18-11-12-19(24(30)16-33)17(14-18)15-31-26(34)25-10-5-13-32(25)27(35)28(36)22-8-3-1-6-20(22)21-7-2-4-9-23(21)28/h1-4,6-9,11-12,14,24-25,33,36H,5,10,13,15-16,30H2,(H,31,34)/t24?,25-/m0/s1. The van der Waals surface area contributed by atoms with Gasteiger partial charge in [-0.05, 0) is 47.2 Å². The van der Waals surface area contributed by atoms with Crippen LogP contribution in [0.2, 0.25) is 5.02 Å². The molecule has 1 aliphatic heterocycles. The second-order valence-electron chi connectivity index (χ2n) is 9.31. The van der Waals surface area contributed by atoms with E-state index in [-0.39, 0.29) is 19.1 Å². The maximum absolute atomic E-state index is 13.9. The van der Waals surface area contributed by atoms with Crippen molar-refractivity contribution in [1.82, 2.24) is 10.2 Å². The van der Waals surface area contributed by atoms with Crippen molar-refractivity contribution in [2.75, 3.05) is 13.2 Å². The van der Waals surface area contributed by atoms with Gasteiger partial charge in [0, 0.05) is 29.2 Å². The van der Waals surface area contributed by atoms with Gasteiger partial charge in [-0.15, -0.1) is 0 Å². The summed E-state index contributed by atoms with van der Waals surface area (Å²) in [6.45, 7) is 0.285. The van der Waals surface area contributed by atoms with Crippen LogP contribution < -0.4 is 11.1 Å². The average molecular weight is 506 g/mol. The topological polar surface area (TPSA) is 116 Å². The number of carbonyl (C=O) groups excluding carboxylic acids is 2. The maximum Gasteiger partial charge on any atom is 0.264 e. The molecule has 0 saturated carbocycles. The van der Waals surface area contributed by atoms with Crippen LogP contribution in [0.5, 0.6) is 0 Å². The summed E-state index contributed by atoms with van der Waals surface area (Å²) in [5.41, 5.74) is 8.24. The van der Waals surface area contributed by atoms with E-state index in [4.69, 9.17) is 17.3 Å². The SMILES string of the molecule is NC(CO)c1ccc(Cl)cc1CNC(=O)[C@@H]1CCCN1C(=O)C1(O)c2ccccc2-c2ccccc21. The van der Waals surface area contributed by atoms with E-state index in [1.165, 1.54) is 4.90 Å². The Kier molecular flexibility index (Phi) is 6.57. The van der Waals surface area contributed by atoms with Crippen molar-refractivity contribution in [1.29, 1.82) is 0 Å². The lowest BCUT2D eigenvalue weighted by Crippen LogP contribution is -2.52. The van der Waals surface area contributed by atoms with Gasteiger partial charge in [-0.1, -0.05) is 66.2 Å². The maximum atomic E-state index is 13.9. The molecule has 0 bridgehead atoms. The zero-order valence-electron chi connectivity index (χ0n) is 19.7. The summed E-state index contributed by atoms with van der Waals surface area (Å²) < 4.78 is 0. The molecule has 36 heavy (non-hydrogen) atoms. The van der Waals surface area contributed by atoms with Gasteiger partial charge < -0.3 is 26.2 Å². The fourth-order valence-corrected chi connectivity index (χ4v) is 5.61. The number of nitrogens with zero attached hydrogens (tertiary/aromatic N) is 1. The molecule has 3 aromatic carbocycles. The Labute approximate surface area is 214 Å². The quantitative estimate of drug-likeness (QED) is 0.411. The first kappa shape index (κ1) is 24.5. The number of hydrogen-bond acceptors (Lipinski definition) is 5. The van der Waals surface area contributed by atoms with Gasteiger partial charge in [0.1, 0.15) is 6.04 Å². The van der Waals surface area contributed by atoms with Gasteiger partial charge in [0.25, 0.3) is 5.91 Å². The molecule has 1 heterocycles. The number of rotatable bonds is 6. The molecule has 0 aromatic heterocycles. The predicted molar refractivity (Wildman–Crippen MR) is 137 cm³/mol. The van der Waals surface area contributed by atoms with E-state index >= 15 is 0 Å². The van der Waals surface area contributed by atoms with Crippen LogP contribution in [0.4, 0.5) is 0 Å². The number of likely N-dealkylation sites (tertiary alicyclic amines) is 1. The summed E-state index contributed by atoms with van der Waals surface area (Å²) in [4.78, 5) is 28.7. The van der Waals surface area contributed by atoms with Gasteiger partial charge in [-0.3, -0.25) is 9.59 Å². The van der Waals surface area contributed by atoms with Gasteiger partial charge in [0.05, 0.1) is 12.6 Å². The number of aliphatic hydroxyl groups is 2. The fraction of sp³-hybridized carbons (Fsp3) is 0.286. The minimum Gasteiger partial charge on any atom is -0.394 e. The predicted octanol–water partition coefficient (Wildman–Crippen LogP) is 2.86. The minimum atomic E-state index is -1.86. The van der Waals surface area contributed by atoms with Crippen molar-refractivity contribution in [3.63, 3.8) is 0 Å². The first-order chi connectivity index (χ1) is 17.4. The Morgan fingerprint density at radius 1 is 1.08 bits per heavy atom. The number of benzene rings is 3. The van der Waals surface area contributed by atoms with E-state index in [0.717, 1.165) is 11.1 Å². The lowest BCUT2D eigenvalue weighted by molar-refractivity contribution is -0.151. The van der Waals surface area contributed by atoms with Crippen molar-refractivity contribution in [3.8, 4) is 11.1 Å². The van der Waals surface area contributed by atoms with Gasteiger partial charge >= 0.3 is 0 Å². The summed E-state index contributed by atoms with van der Waals surface area (Å²) >= 11 is 6.15. The summed E-state index contributed by atoms with van der Waals surface area (Å²) in [7, 11) is 0. The largest absolute Gasteiger partial charge is 0.394 e. The molecule has 2 aliphatic rings. The molecular formula is C28H28ClN3O4. The molecule has 1 aliphatic carbocycles. The van der Waals surface area contributed by atoms with Crippen LogP contribution in [0.3, 0.4) is 0 Å². The normalized spacial score (nSPS) is 18.4. The van der Waals surface area contributed by atoms with E-state index in [9.17, 15) is 19.8 Å². The molecule has 8 heteroatoms. The Morgan fingerprint density at radius 2 is 1.72 bits per heavy atom. The highest BCUT2D eigenvalue weighted by Gasteiger charge is 2.52. The van der Waals surface area contributed by atoms with Crippen molar-refractivity contribution < 1.29 is 19.8 Å². The monoisotopic (exact) mass is 505 g/mol. The summed E-state index contributed by atoms with van der Waals surface area (Å²) in [5, 5.41) is 24.8. The average Bonchev–Trinajstić information content (AvgIpc) is 3.49. The molecule has 2 atom stereocenters. The lowest BCUT2D eigenvalue weighted by Gasteiger charge is -2.33. The van der Waals surface area contributed by atoms with Gasteiger partial charge in [-0.25, -0.2) is 0 Å². The van der Waals surface area contributed by atoms with Crippen LogP contribution in [0.15, 0.2) is 66.7 Å². The van der Waals surface area contributed by atoms with E-state index < -0.39 is 23.6 Å². The van der Waals surface area contributed by atoms with Crippen molar-refractivity contribution >= 4 is 23.4 Å². The summed E-state index contributed by atoms with van der Waals surface area (Å²) in [6.07, 6.45) is 1.15. The molecule has 186 valence electrons. The Balaban J connectivity index is 1.39. The third kappa shape index (κ3) is 3.98. The third-order valence-corrected chi connectivity index (χ3v) is 7.44. The van der Waals surface area contributed by atoms with Crippen molar-refractivity contribution in [3.05, 3.63) is 94.0 Å². The van der Waals surface area contributed by atoms with Crippen molar-refractivity contribution in [2.45, 2.75) is 37.1 Å². The van der Waals surface area contributed by atoms with Crippen LogP contribution in [0.1, 0.15) is 41.1 Å². The van der Waals surface area contributed by atoms with E-state index in [0.29, 0.717) is 46.7 Å². The molecule has 1 unspecified atom stereocenters. The van der Waals surface area contributed by atoms with Gasteiger partial charge in [0.15, 0.2) is 5.60 Å². The number of amides is 2. The van der Waals surface area contributed by atoms with Crippen LogP contribution >= 0.6 is 11.6 Å². The molecule has 2 amide bonds. The van der Waals surface area contributed by atoms with Crippen LogP contribution in [-0.2, 0) is 21.7 Å². The molecule has 3 aromatic rings. The van der Waals surface area contributed by atoms with Gasteiger partial charge in [0.2, 0.25) is 5.91 Å². The summed E-state index contributed by atoms with van der Waals surface area (Å²) in [6, 6.07) is 18.5. The molecule has 5 rings (SSSR count). The Morgan fingerprint density at radius 3 is 2.36 bits per heavy atom. The van der Waals surface area contributed by atoms with Crippen LogP contribution in [0.25, 0.3) is 11.1 Å². The smallest absolute Gasteiger partial charge is 0.264 e. The number of fused-ring (bicyclic) bond motifs is 3. The zero-order valence-corrected chi connectivity index (χ0v) is 20.4. The molecule has 1 fully saturated rings. The van der Waals surface area contributed by atoms with E-state index in [1.807, 2.05) is 24.3 Å². The second-order valence-corrected chi connectivity index (χ2v) is 9.74. The number of nitrogens with two attached hydrogens (primary N) is 1. The van der Waals surface area contributed by atoms with Crippen molar-refractivity contribution in [2.24, 2.45) is 5.73 Å². The highest BCUT2D eigenvalue weighted by molar-refractivity contribution is 6.30. The first-order valence-electron chi connectivity index (χ1n) is 12.0. The number of carbonyl (C=O) groups is 2. The lowest BCUT2D eigenvalue weighted by atomic mass is 9.89.